The Morgan fingerprint density at radius 2 is 2.18 bits per heavy atom. The molecule has 0 aromatic carbocycles. The van der Waals surface area contributed by atoms with Gasteiger partial charge in [-0.15, -0.1) is 0 Å². The second-order valence-corrected chi connectivity index (χ2v) is 6.16. The SMILES string of the molecule is CC(C)N1CC[C@@H](CNC(=O)[C@@H](C)NC(=O)c2ccco2)C1. The van der Waals surface area contributed by atoms with Gasteiger partial charge in [0.1, 0.15) is 6.04 Å². The van der Waals surface area contributed by atoms with Gasteiger partial charge >= 0.3 is 0 Å². The molecular weight excluding hydrogens is 282 g/mol. The van der Waals surface area contributed by atoms with E-state index in [1.165, 1.54) is 6.26 Å². The summed E-state index contributed by atoms with van der Waals surface area (Å²) < 4.78 is 5.00. The molecule has 22 heavy (non-hydrogen) atoms. The van der Waals surface area contributed by atoms with Crippen molar-refractivity contribution >= 4 is 11.8 Å². The minimum absolute atomic E-state index is 0.164. The van der Waals surface area contributed by atoms with Gasteiger partial charge in [0.15, 0.2) is 5.76 Å². The maximum atomic E-state index is 12.1. The summed E-state index contributed by atoms with van der Waals surface area (Å²) in [5.74, 6) is 0.157. The molecule has 1 saturated heterocycles. The molecule has 0 bridgehead atoms. The first-order valence-electron chi connectivity index (χ1n) is 7.83. The van der Waals surface area contributed by atoms with E-state index in [9.17, 15) is 9.59 Å². The molecule has 0 saturated carbocycles. The van der Waals surface area contributed by atoms with Gasteiger partial charge in [-0.1, -0.05) is 0 Å². The lowest BCUT2D eigenvalue weighted by Gasteiger charge is -2.20. The predicted molar refractivity (Wildman–Crippen MR) is 83.5 cm³/mol. The molecular formula is C16H25N3O3. The second-order valence-electron chi connectivity index (χ2n) is 6.16. The van der Waals surface area contributed by atoms with E-state index in [0.717, 1.165) is 19.5 Å². The van der Waals surface area contributed by atoms with Crippen molar-refractivity contribution in [3.63, 3.8) is 0 Å². The molecule has 6 heteroatoms. The minimum Gasteiger partial charge on any atom is -0.459 e. The molecule has 122 valence electrons. The summed E-state index contributed by atoms with van der Waals surface area (Å²) in [7, 11) is 0. The van der Waals surface area contributed by atoms with E-state index in [1.54, 1.807) is 19.1 Å². The van der Waals surface area contributed by atoms with Crippen molar-refractivity contribution in [3.05, 3.63) is 24.2 Å². The minimum atomic E-state index is -0.583. The molecule has 2 rings (SSSR count). The fourth-order valence-electron chi connectivity index (χ4n) is 2.64. The number of hydrogen-bond donors (Lipinski definition) is 2. The van der Waals surface area contributed by atoms with E-state index < -0.39 is 6.04 Å². The van der Waals surface area contributed by atoms with Crippen LogP contribution < -0.4 is 10.6 Å². The van der Waals surface area contributed by atoms with Crippen LogP contribution in [0.2, 0.25) is 0 Å². The molecule has 1 aromatic rings. The summed E-state index contributed by atoms with van der Waals surface area (Å²) in [6.07, 6.45) is 2.53. The quantitative estimate of drug-likeness (QED) is 0.829. The van der Waals surface area contributed by atoms with Crippen LogP contribution >= 0.6 is 0 Å². The van der Waals surface area contributed by atoms with Crippen molar-refractivity contribution in [3.8, 4) is 0 Å². The van der Waals surface area contributed by atoms with Crippen molar-refractivity contribution in [2.75, 3.05) is 19.6 Å². The van der Waals surface area contributed by atoms with E-state index >= 15 is 0 Å². The Morgan fingerprint density at radius 1 is 1.41 bits per heavy atom. The normalized spacial score (nSPS) is 20.1. The van der Waals surface area contributed by atoms with Gasteiger partial charge in [0.2, 0.25) is 5.91 Å². The second kappa shape index (κ2) is 7.45. The Balaban J connectivity index is 1.72. The van der Waals surface area contributed by atoms with Crippen molar-refractivity contribution in [1.82, 2.24) is 15.5 Å². The molecule has 2 N–H and O–H groups in total. The molecule has 2 heterocycles. The molecule has 2 amide bonds. The molecule has 0 radical (unpaired) electrons. The molecule has 0 unspecified atom stereocenters. The van der Waals surface area contributed by atoms with Gasteiger partial charge in [-0.05, 0) is 51.8 Å². The van der Waals surface area contributed by atoms with Gasteiger partial charge in [0, 0.05) is 19.1 Å². The van der Waals surface area contributed by atoms with Crippen LogP contribution in [0.25, 0.3) is 0 Å². The molecule has 2 atom stereocenters. The van der Waals surface area contributed by atoms with Crippen molar-refractivity contribution < 1.29 is 14.0 Å². The number of furan rings is 1. The summed E-state index contributed by atoms with van der Waals surface area (Å²) in [5.41, 5.74) is 0. The average molecular weight is 307 g/mol. The van der Waals surface area contributed by atoms with Crippen LogP contribution in [0.5, 0.6) is 0 Å². The third kappa shape index (κ3) is 4.34. The summed E-state index contributed by atoms with van der Waals surface area (Å²) in [4.78, 5) is 26.3. The first kappa shape index (κ1) is 16.5. The highest BCUT2D eigenvalue weighted by atomic mass is 16.3. The van der Waals surface area contributed by atoms with Crippen LogP contribution in [0.3, 0.4) is 0 Å². The van der Waals surface area contributed by atoms with Crippen LogP contribution in [0.1, 0.15) is 37.7 Å². The summed E-state index contributed by atoms with van der Waals surface area (Å²) in [6, 6.07) is 3.17. The Labute approximate surface area is 131 Å². The summed E-state index contributed by atoms with van der Waals surface area (Å²) >= 11 is 0. The van der Waals surface area contributed by atoms with Crippen molar-refractivity contribution in [1.29, 1.82) is 0 Å². The van der Waals surface area contributed by atoms with E-state index in [0.29, 0.717) is 18.5 Å². The zero-order valence-electron chi connectivity index (χ0n) is 13.5. The third-order valence-electron chi connectivity index (χ3n) is 4.10. The average Bonchev–Trinajstić information content (AvgIpc) is 3.15. The molecule has 1 aromatic heterocycles. The lowest BCUT2D eigenvalue weighted by molar-refractivity contribution is -0.122. The highest BCUT2D eigenvalue weighted by Crippen LogP contribution is 2.17. The smallest absolute Gasteiger partial charge is 0.287 e. The summed E-state index contributed by atoms with van der Waals surface area (Å²) in [5, 5.41) is 5.55. The van der Waals surface area contributed by atoms with E-state index in [2.05, 4.69) is 29.4 Å². The standard InChI is InChI=1S/C16H25N3O3/c1-11(2)19-7-6-13(10-19)9-17-15(20)12(3)18-16(21)14-5-4-8-22-14/h4-5,8,11-13H,6-7,9-10H2,1-3H3,(H,17,20)(H,18,21)/t12-,13+/m1/s1. The number of amides is 2. The largest absolute Gasteiger partial charge is 0.459 e. The fourth-order valence-corrected chi connectivity index (χ4v) is 2.64. The number of carbonyl (C=O) groups excluding carboxylic acids is 2. The summed E-state index contributed by atoms with van der Waals surface area (Å²) in [6.45, 7) is 8.81. The molecule has 0 spiro atoms. The van der Waals surface area contributed by atoms with Crippen LogP contribution in [-0.4, -0.2) is 48.4 Å². The van der Waals surface area contributed by atoms with Crippen molar-refractivity contribution in [2.24, 2.45) is 5.92 Å². The van der Waals surface area contributed by atoms with E-state index in [4.69, 9.17) is 4.42 Å². The maximum absolute atomic E-state index is 12.1. The van der Waals surface area contributed by atoms with Gasteiger partial charge in [-0.3, -0.25) is 9.59 Å². The van der Waals surface area contributed by atoms with Crippen LogP contribution in [-0.2, 0) is 4.79 Å². The highest BCUT2D eigenvalue weighted by Gasteiger charge is 2.25. The Kier molecular flexibility index (Phi) is 5.60. The van der Waals surface area contributed by atoms with Crippen LogP contribution in [0.15, 0.2) is 22.8 Å². The molecule has 6 nitrogen and oxygen atoms in total. The third-order valence-corrected chi connectivity index (χ3v) is 4.10. The fraction of sp³-hybridized carbons (Fsp3) is 0.625. The van der Waals surface area contributed by atoms with Crippen molar-refractivity contribution in [2.45, 2.75) is 39.3 Å². The van der Waals surface area contributed by atoms with Gasteiger partial charge in [-0.2, -0.15) is 0 Å². The number of carbonyl (C=O) groups is 2. The Bertz CT molecular complexity index is 499. The van der Waals surface area contributed by atoms with E-state index in [1.807, 2.05) is 0 Å². The van der Waals surface area contributed by atoms with E-state index in [-0.39, 0.29) is 17.6 Å². The lowest BCUT2D eigenvalue weighted by Crippen LogP contribution is -2.46. The Hall–Kier alpha value is -1.82. The Morgan fingerprint density at radius 3 is 2.77 bits per heavy atom. The van der Waals surface area contributed by atoms with Gasteiger partial charge in [0.25, 0.3) is 5.91 Å². The zero-order valence-corrected chi connectivity index (χ0v) is 13.5. The molecule has 1 aliphatic heterocycles. The highest BCUT2D eigenvalue weighted by molar-refractivity contribution is 5.95. The topological polar surface area (TPSA) is 74.6 Å². The molecule has 1 aliphatic rings. The van der Waals surface area contributed by atoms with Crippen LogP contribution in [0.4, 0.5) is 0 Å². The number of rotatable bonds is 6. The van der Waals surface area contributed by atoms with Gasteiger partial charge in [-0.25, -0.2) is 0 Å². The number of likely N-dealkylation sites (tertiary alicyclic amines) is 1. The monoisotopic (exact) mass is 307 g/mol. The molecule has 1 fully saturated rings. The lowest BCUT2D eigenvalue weighted by atomic mass is 10.1. The zero-order chi connectivity index (χ0) is 16.1. The van der Waals surface area contributed by atoms with Crippen LogP contribution in [0, 0.1) is 5.92 Å². The first-order chi connectivity index (χ1) is 10.5. The molecule has 0 aliphatic carbocycles. The van der Waals surface area contributed by atoms with Gasteiger partial charge in [0.05, 0.1) is 6.26 Å². The maximum Gasteiger partial charge on any atom is 0.287 e. The number of hydrogen-bond acceptors (Lipinski definition) is 4. The van der Waals surface area contributed by atoms with Gasteiger partial charge < -0.3 is 20.0 Å². The number of nitrogens with zero attached hydrogens (tertiary/aromatic N) is 1. The predicted octanol–water partition coefficient (Wildman–Crippen LogP) is 1.24. The first-order valence-corrected chi connectivity index (χ1v) is 7.83. The number of nitrogens with one attached hydrogen (secondary N) is 2.